The van der Waals surface area contributed by atoms with Crippen molar-refractivity contribution in [2.45, 2.75) is 18.9 Å². The van der Waals surface area contributed by atoms with Crippen LogP contribution in [0.3, 0.4) is 0 Å². The van der Waals surface area contributed by atoms with Gasteiger partial charge in [-0.2, -0.15) is 0 Å². The molecule has 2 amide bonds. The van der Waals surface area contributed by atoms with E-state index >= 15 is 0 Å². The van der Waals surface area contributed by atoms with E-state index in [2.05, 4.69) is 5.32 Å². The van der Waals surface area contributed by atoms with Gasteiger partial charge in [-0.3, -0.25) is 9.59 Å². The van der Waals surface area contributed by atoms with Crippen LogP contribution in [0.2, 0.25) is 0 Å². The first kappa shape index (κ1) is 31.8. The molecule has 5 N–H and O–H groups in total. The van der Waals surface area contributed by atoms with Crippen LogP contribution in [0, 0.1) is 5.92 Å². The van der Waals surface area contributed by atoms with E-state index in [9.17, 15) is 30.0 Å². The summed E-state index contributed by atoms with van der Waals surface area (Å²) in [4.78, 5) is 30.1. The highest BCUT2D eigenvalue weighted by Gasteiger charge is 2.48. The number of carbonyl (C=O) groups is 2. The Morgan fingerprint density at radius 3 is 1.96 bits per heavy atom. The van der Waals surface area contributed by atoms with Crippen molar-refractivity contribution in [2.75, 3.05) is 27.3 Å². The zero-order chi connectivity index (χ0) is 32.8. The van der Waals surface area contributed by atoms with Crippen LogP contribution in [-0.4, -0.2) is 64.4 Å². The van der Waals surface area contributed by atoms with Crippen molar-refractivity contribution >= 4 is 17.9 Å². The van der Waals surface area contributed by atoms with Crippen LogP contribution >= 0.6 is 0 Å². The summed E-state index contributed by atoms with van der Waals surface area (Å²) in [6.07, 6.45) is 2.59. The standard InChI is InChI=1S/C36H36N2O8/c1-45-31-20-24(7-13-29(31)41)19-28-33(35(43)37-17-15-22-3-9-26(39)10-4-22)34(25-8-14-30(42)32(21-25)46-2)38(36(28)44)18-16-23-5-11-27(40)12-6-23/h3-14,19-21,33-34,39-42H,15-18H2,1-2H3,(H,37,43)/t33-,34+/m0/s1. The summed E-state index contributed by atoms with van der Waals surface area (Å²) >= 11 is 0. The Bertz CT molecular complexity index is 1730. The number of phenols is 4. The number of carbonyl (C=O) groups excluding carboxylic acids is 2. The summed E-state index contributed by atoms with van der Waals surface area (Å²) in [7, 11) is 2.86. The van der Waals surface area contributed by atoms with E-state index in [4.69, 9.17) is 9.47 Å². The average molecular weight is 625 g/mol. The number of amides is 2. The lowest BCUT2D eigenvalue weighted by Gasteiger charge is -2.28. The van der Waals surface area contributed by atoms with E-state index in [0.29, 0.717) is 24.0 Å². The predicted octanol–water partition coefficient (Wildman–Crippen LogP) is 4.71. The Balaban J connectivity index is 1.56. The largest absolute Gasteiger partial charge is 0.508 e. The number of phenolic OH excluding ortho intramolecular Hbond substituents is 4. The van der Waals surface area contributed by atoms with E-state index in [1.165, 1.54) is 26.4 Å². The number of likely N-dealkylation sites (tertiary alicyclic amines) is 1. The van der Waals surface area contributed by atoms with E-state index < -0.39 is 12.0 Å². The molecule has 1 aliphatic heterocycles. The highest BCUT2D eigenvalue weighted by molar-refractivity contribution is 6.07. The van der Waals surface area contributed by atoms with Gasteiger partial charge in [0.25, 0.3) is 5.91 Å². The van der Waals surface area contributed by atoms with Gasteiger partial charge in [-0.15, -0.1) is 0 Å². The third-order valence-corrected chi connectivity index (χ3v) is 8.08. The summed E-state index contributed by atoms with van der Waals surface area (Å²) in [6, 6.07) is 22.2. The summed E-state index contributed by atoms with van der Waals surface area (Å²) in [5, 5.41) is 42.8. The van der Waals surface area contributed by atoms with E-state index in [-0.39, 0.29) is 65.0 Å². The second-order valence-corrected chi connectivity index (χ2v) is 11.0. The number of aromatic hydroxyl groups is 4. The number of benzene rings is 4. The van der Waals surface area contributed by atoms with E-state index in [1.54, 1.807) is 83.8 Å². The van der Waals surface area contributed by atoms with Crippen LogP contribution in [0.1, 0.15) is 28.3 Å². The molecule has 5 rings (SSSR count). The molecule has 0 saturated carbocycles. The number of hydrogen-bond acceptors (Lipinski definition) is 8. The summed E-state index contributed by atoms with van der Waals surface area (Å²) < 4.78 is 10.7. The first-order valence-electron chi connectivity index (χ1n) is 14.8. The minimum absolute atomic E-state index is 0.0597. The maximum absolute atomic E-state index is 14.3. The Morgan fingerprint density at radius 1 is 0.783 bits per heavy atom. The Labute approximate surface area is 266 Å². The van der Waals surface area contributed by atoms with E-state index in [1.807, 2.05) is 0 Å². The van der Waals surface area contributed by atoms with Crippen molar-refractivity contribution in [2.24, 2.45) is 5.92 Å². The van der Waals surface area contributed by atoms with Crippen molar-refractivity contribution in [1.29, 1.82) is 0 Å². The Morgan fingerprint density at radius 2 is 1.35 bits per heavy atom. The average Bonchev–Trinajstić information content (AvgIpc) is 3.33. The fourth-order valence-corrected chi connectivity index (χ4v) is 5.68. The van der Waals surface area contributed by atoms with Crippen molar-refractivity contribution in [3.8, 4) is 34.5 Å². The van der Waals surface area contributed by atoms with Crippen molar-refractivity contribution in [3.05, 3.63) is 113 Å². The Hall–Kier alpha value is -5.64. The molecule has 0 unspecified atom stereocenters. The normalized spacial score (nSPS) is 16.9. The number of ether oxygens (including phenoxy) is 2. The second kappa shape index (κ2) is 14.0. The van der Waals surface area contributed by atoms with Crippen LogP contribution < -0.4 is 14.8 Å². The molecule has 10 nitrogen and oxygen atoms in total. The van der Waals surface area contributed by atoms with Crippen molar-refractivity contribution < 1.29 is 39.5 Å². The smallest absolute Gasteiger partial charge is 0.251 e. The van der Waals surface area contributed by atoms with Crippen molar-refractivity contribution in [1.82, 2.24) is 10.2 Å². The topological polar surface area (TPSA) is 149 Å². The molecule has 46 heavy (non-hydrogen) atoms. The zero-order valence-electron chi connectivity index (χ0n) is 25.5. The van der Waals surface area contributed by atoms with Crippen LogP contribution in [0.25, 0.3) is 6.08 Å². The molecule has 0 aliphatic carbocycles. The van der Waals surface area contributed by atoms with Gasteiger partial charge in [0.15, 0.2) is 23.0 Å². The van der Waals surface area contributed by atoms with Gasteiger partial charge in [-0.25, -0.2) is 0 Å². The monoisotopic (exact) mass is 624 g/mol. The number of methoxy groups -OCH3 is 2. The molecule has 238 valence electrons. The van der Waals surface area contributed by atoms with Crippen molar-refractivity contribution in [3.63, 3.8) is 0 Å². The van der Waals surface area contributed by atoms with E-state index in [0.717, 1.165) is 11.1 Å². The molecule has 1 fully saturated rings. The van der Waals surface area contributed by atoms with Gasteiger partial charge in [0.2, 0.25) is 5.91 Å². The fourth-order valence-electron chi connectivity index (χ4n) is 5.68. The van der Waals surface area contributed by atoms with Gasteiger partial charge in [-0.1, -0.05) is 36.4 Å². The van der Waals surface area contributed by atoms with Gasteiger partial charge in [0, 0.05) is 18.7 Å². The SMILES string of the molecule is COc1cc(C=C2C(=O)N(CCc3ccc(O)cc3)[C@H](c3ccc(O)c(OC)c3)[C@H]2C(=O)NCCc2ccc(O)cc2)ccc1O. The molecular formula is C36H36N2O8. The summed E-state index contributed by atoms with van der Waals surface area (Å²) in [6.45, 7) is 0.540. The third kappa shape index (κ3) is 7.02. The molecule has 4 aromatic carbocycles. The predicted molar refractivity (Wildman–Crippen MR) is 172 cm³/mol. The minimum Gasteiger partial charge on any atom is -0.508 e. The lowest BCUT2D eigenvalue weighted by molar-refractivity contribution is -0.126. The van der Waals surface area contributed by atoms with Gasteiger partial charge in [-0.05, 0) is 89.7 Å². The van der Waals surface area contributed by atoms with Gasteiger partial charge in [0.05, 0.1) is 26.2 Å². The molecule has 4 aromatic rings. The molecule has 1 aliphatic rings. The quantitative estimate of drug-likeness (QED) is 0.151. The summed E-state index contributed by atoms with van der Waals surface area (Å²) in [5.74, 6) is -1.10. The zero-order valence-corrected chi connectivity index (χ0v) is 25.5. The molecule has 0 spiro atoms. The highest BCUT2D eigenvalue weighted by Crippen LogP contribution is 2.45. The molecule has 2 atom stereocenters. The second-order valence-electron chi connectivity index (χ2n) is 11.0. The Kier molecular flexibility index (Phi) is 9.66. The van der Waals surface area contributed by atoms with Crippen LogP contribution in [0.15, 0.2) is 90.5 Å². The van der Waals surface area contributed by atoms with Gasteiger partial charge in [0.1, 0.15) is 11.5 Å². The number of hydrogen-bond donors (Lipinski definition) is 5. The molecule has 0 aromatic heterocycles. The van der Waals surface area contributed by atoms with Gasteiger partial charge < -0.3 is 40.1 Å². The third-order valence-electron chi connectivity index (χ3n) is 8.08. The number of nitrogens with zero attached hydrogens (tertiary/aromatic N) is 1. The lowest BCUT2D eigenvalue weighted by atomic mass is 9.88. The fraction of sp³-hybridized carbons (Fsp3) is 0.222. The number of nitrogens with one attached hydrogen (secondary N) is 1. The molecular weight excluding hydrogens is 588 g/mol. The van der Waals surface area contributed by atoms with Crippen LogP contribution in [0.4, 0.5) is 0 Å². The van der Waals surface area contributed by atoms with Gasteiger partial charge >= 0.3 is 0 Å². The van der Waals surface area contributed by atoms with Crippen LogP contribution in [0.5, 0.6) is 34.5 Å². The summed E-state index contributed by atoms with van der Waals surface area (Å²) in [5.41, 5.74) is 3.21. The maximum atomic E-state index is 14.3. The number of rotatable bonds is 11. The molecule has 0 radical (unpaired) electrons. The highest BCUT2D eigenvalue weighted by atomic mass is 16.5. The molecule has 1 heterocycles. The molecule has 1 saturated heterocycles. The molecule has 10 heteroatoms. The maximum Gasteiger partial charge on any atom is 0.251 e. The minimum atomic E-state index is -0.957. The molecule has 0 bridgehead atoms. The lowest BCUT2D eigenvalue weighted by Crippen LogP contribution is -2.37. The first-order chi connectivity index (χ1) is 22.2. The first-order valence-corrected chi connectivity index (χ1v) is 14.8. The van der Waals surface area contributed by atoms with Crippen LogP contribution in [-0.2, 0) is 22.4 Å².